The minimum absolute atomic E-state index is 0.0656. The number of carbonyl (C=O) groups excluding carboxylic acids is 3. The molecule has 0 N–H and O–H groups in total. The molecule has 3 aliphatic rings. The Balaban J connectivity index is 1.95. The van der Waals surface area contributed by atoms with E-state index in [4.69, 9.17) is 16.3 Å². The molecule has 2 saturated heterocycles. The van der Waals surface area contributed by atoms with Crippen molar-refractivity contribution in [1.82, 2.24) is 9.80 Å². The first-order valence-electron chi connectivity index (χ1n) is 8.99. The highest BCUT2D eigenvalue weighted by Gasteiger charge is 2.65. The summed E-state index contributed by atoms with van der Waals surface area (Å²) in [5.41, 5.74) is 0.385. The van der Waals surface area contributed by atoms with Gasteiger partial charge in [-0.3, -0.25) is 19.4 Å². The van der Waals surface area contributed by atoms with Gasteiger partial charge in [-0.2, -0.15) is 0 Å². The zero-order chi connectivity index (χ0) is 19.7. The molecule has 0 aromatic heterocycles. The summed E-state index contributed by atoms with van der Waals surface area (Å²) in [5.74, 6) is -0.951. The van der Waals surface area contributed by atoms with Crippen molar-refractivity contribution >= 4 is 35.1 Å². The van der Waals surface area contributed by atoms with Gasteiger partial charge in [0, 0.05) is 31.4 Å². The molecule has 1 aromatic rings. The highest BCUT2D eigenvalue weighted by molar-refractivity contribution is 6.31. The Labute approximate surface area is 162 Å². The molecular formula is C19H22ClN3O4. The third kappa shape index (κ3) is 2.34. The number of benzene rings is 1. The summed E-state index contributed by atoms with van der Waals surface area (Å²) in [7, 11) is 2.85. The summed E-state index contributed by atoms with van der Waals surface area (Å²) in [6.07, 6.45) is -0.226. The van der Waals surface area contributed by atoms with Crippen molar-refractivity contribution in [2.24, 2.45) is 5.41 Å². The molecule has 27 heavy (non-hydrogen) atoms. The minimum Gasteiger partial charge on any atom is -0.372 e. The van der Waals surface area contributed by atoms with Crippen molar-refractivity contribution in [3.05, 3.63) is 28.8 Å². The molecule has 7 nitrogen and oxygen atoms in total. The van der Waals surface area contributed by atoms with Crippen LogP contribution in [-0.4, -0.2) is 66.5 Å². The molecule has 4 rings (SSSR count). The monoisotopic (exact) mass is 391 g/mol. The fraction of sp³-hybridized carbons (Fsp3) is 0.526. The van der Waals surface area contributed by atoms with Crippen LogP contribution in [0.15, 0.2) is 18.2 Å². The van der Waals surface area contributed by atoms with Gasteiger partial charge in [0.05, 0.1) is 18.2 Å². The van der Waals surface area contributed by atoms with E-state index in [1.807, 2.05) is 26.0 Å². The lowest BCUT2D eigenvalue weighted by Crippen LogP contribution is -2.75. The van der Waals surface area contributed by atoms with E-state index in [9.17, 15) is 14.4 Å². The van der Waals surface area contributed by atoms with Crippen LogP contribution < -0.4 is 4.90 Å². The van der Waals surface area contributed by atoms with Gasteiger partial charge >= 0.3 is 6.03 Å². The standard InChI is InChI=1S/C19H22ClN3O4/c1-10-9-23-14-7-13(20)6-5-12(14)8-19(15(23)11(2)27-10)16(24)21(3)18(26)22(4)17(19)25/h5-7,10-11,15H,8-9H2,1-4H3/t10-,11-,15-/m0/s1. The van der Waals surface area contributed by atoms with Gasteiger partial charge in [-0.25, -0.2) is 4.79 Å². The summed E-state index contributed by atoms with van der Waals surface area (Å²) in [5, 5.41) is 0.598. The van der Waals surface area contributed by atoms with Gasteiger partial charge in [0.25, 0.3) is 0 Å². The summed E-state index contributed by atoms with van der Waals surface area (Å²) in [4.78, 5) is 43.2. The third-order valence-corrected chi connectivity index (χ3v) is 6.19. The number of hydrogen-bond donors (Lipinski definition) is 0. The number of barbiturate groups is 1. The van der Waals surface area contributed by atoms with E-state index >= 15 is 0 Å². The Bertz CT molecular complexity index is 833. The zero-order valence-electron chi connectivity index (χ0n) is 15.7. The van der Waals surface area contributed by atoms with Crippen LogP contribution in [0.2, 0.25) is 5.02 Å². The number of ether oxygens (including phenoxy) is 1. The lowest BCUT2D eigenvalue weighted by molar-refractivity contribution is -0.166. The van der Waals surface area contributed by atoms with Crippen molar-refractivity contribution in [2.75, 3.05) is 25.5 Å². The van der Waals surface area contributed by atoms with Crippen molar-refractivity contribution in [2.45, 2.75) is 38.5 Å². The zero-order valence-corrected chi connectivity index (χ0v) is 16.5. The number of anilines is 1. The number of amides is 4. The van der Waals surface area contributed by atoms with Gasteiger partial charge in [-0.05, 0) is 38.0 Å². The van der Waals surface area contributed by atoms with Gasteiger partial charge in [-0.15, -0.1) is 0 Å². The molecule has 4 amide bonds. The first kappa shape index (κ1) is 18.3. The van der Waals surface area contributed by atoms with E-state index in [1.54, 1.807) is 6.07 Å². The van der Waals surface area contributed by atoms with Gasteiger partial charge in [0.2, 0.25) is 11.8 Å². The molecule has 0 bridgehead atoms. The second kappa shape index (κ2) is 5.94. The number of carbonyl (C=O) groups is 3. The average Bonchev–Trinajstić information content (AvgIpc) is 2.63. The summed E-state index contributed by atoms with van der Waals surface area (Å²) >= 11 is 6.23. The maximum atomic E-state index is 13.4. The second-order valence-electron chi connectivity index (χ2n) is 7.68. The SMILES string of the molecule is C[C@@H]1O[C@@H](C)CN2c3cc(Cl)ccc3CC3(C(=O)N(C)C(=O)N(C)C3=O)[C@H]12. The van der Waals surface area contributed by atoms with Crippen molar-refractivity contribution in [3.8, 4) is 0 Å². The molecular weight excluding hydrogens is 370 g/mol. The number of urea groups is 1. The largest absolute Gasteiger partial charge is 0.372 e. The predicted octanol–water partition coefficient (Wildman–Crippen LogP) is 1.92. The van der Waals surface area contributed by atoms with Gasteiger partial charge in [-0.1, -0.05) is 17.7 Å². The number of rotatable bonds is 0. The lowest BCUT2D eigenvalue weighted by Gasteiger charge is -2.57. The smallest absolute Gasteiger partial charge is 0.332 e. The van der Waals surface area contributed by atoms with Crippen LogP contribution in [0.3, 0.4) is 0 Å². The van der Waals surface area contributed by atoms with Crippen LogP contribution in [0.1, 0.15) is 19.4 Å². The van der Waals surface area contributed by atoms with Crippen molar-refractivity contribution < 1.29 is 19.1 Å². The molecule has 0 aliphatic carbocycles. The van der Waals surface area contributed by atoms with Crippen LogP contribution in [0.5, 0.6) is 0 Å². The van der Waals surface area contributed by atoms with Crippen LogP contribution >= 0.6 is 11.6 Å². The highest BCUT2D eigenvalue weighted by atomic mass is 35.5. The predicted molar refractivity (Wildman–Crippen MR) is 99.7 cm³/mol. The highest BCUT2D eigenvalue weighted by Crippen LogP contribution is 2.49. The average molecular weight is 392 g/mol. The van der Waals surface area contributed by atoms with E-state index < -0.39 is 29.3 Å². The lowest BCUT2D eigenvalue weighted by atomic mass is 9.66. The van der Waals surface area contributed by atoms with E-state index in [0.29, 0.717) is 11.6 Å². The molecule has 1 aromatic carbocycles. The Hall–Kier alpha value is -2.12. The number of fused-ring (bicyclic) bond motifs is 4. The van der Waals surface area contributed by atoms with E-state index in [2.05, 4.69) is 4.90 Å². The van der Waals surface area contributed by atoms with Gasteiger partial charge < -0.3 is 9.64 Å². The number of nitrogens with zero attached hydrogens (tertiary/aromatic N) is 3. The number of imide groups is 2. The molecule has 0 radical (unpaired) electrons. The second-order valence-corrected chi connectivity index (χ2v) is 8.12. The first-order chi connectivity index (χ1) is 12.7. The Morgan fingerprint density at radius 3 is 2.37 bits per heavy atom. The first-order valence-corrected chi connectivity index (χ1v) is 9.37. The van der Waals surface area contributed by atoms with Crippen LogP contribution in [-0.2, 0) is 20.7 Å². The Morgan fingerprint density at radius 2 is 1.74 bits per heavy atom. The van der Waals surface area contributed by atoms with Gasteiger partial charge in [0.1, 0.15) is 0 Å². The Morgan fingerprint density at radius 1 is 1.11 bits per heavy atom. The normalized spacial score (nSPS) is 29.9. The fourth-order valence-electron chi connectivity index (χ4n) is 4.89. The number of hydrogen-bond acceptors (Lipinski definition) is 5. The van der Waals surface area contributed by atoms with Gasteiger partial charge in [0.15, 0.2) is 5.41 Å². The quantitative estimate of drug-likeness (QED) is 0.632. The molecule has 2 fully saturated rings. The van der Waals surface area contributed by atoms with Crippen LogP contribution in [0.4, 0.5) is 10.5 Å². The van der Waals surface area contributed by atoms with Crippen LogP contribution in [0.25, 0.3) is 0 Å². The molecule has 144 valence electrons. The molecule has 3 heterocycles. The molecule has 0 saturated carbocycles. The summed E-state index contributed by atoms with van der Waals surface area (Å²) < 4.78 is 6.02. The van der Waals surface area contributed by atoms with E-state index in [-0.39, 0.29) is 18.6 Å². The molecule has 3 aliphatic heterocycles. The van der Waals surface area contributed by atoms with Crippen molar-refractivity contribution in [3.63, 3.8) is 0 Å². The maximum absolute atomic E-state index is 13.4. The summed E-state index contributed by atoms with van der Waals surface area (Å²) in [6.45, 7) is 4.37. The van der Waals surface area contributed by atoms with Crippen molar-refractivity contribution in [1.29, 1.82) is 0 Å². The minimum atomic E-state index is -1.40. The molecule has 8 heteroatoms. The maximum Gasteiger partial charge on any atom is 0.332 e. The van der Waals surface area contributed by atoms with E-state index in [1.165, 1.54) is 14.1 Å². The third-order valence-electron chi connectivity index (χ3n) is 5.96. The summed E-state index contributed by atoms with van der Waals surface area (Å²) in [6, 6.07) is 4.37. The number of halogens is 1. The molecule has 1 spiro atoms. The topological polar surface area (TPSA) is 70.2 Å². The van der Waals surface area contributed by atoms with E-state index in [0.717, 1.165) is 21.1 Å². The number of morpholine rings is 1. The molecule has 3 atom stereocenters. The molecule has 0 unspecified atom stereocenters. The van der Waals surface area contributed by atoms with Crippen LogP contribution in [0, 0.1) is 5.41 Å². The fourth-order valence-corrected chi connectivity index (χ4v) is 5.06. The Kier molecular flexibility index (Phi) is 4.01.